The minimum absolute atomic E-state index is 0.0190. The third kappa shape index (κ3) is 3.70. The highest BCUT2D eigenvalue weighted by atomic mass is 16.1. The van der Waals surface area contributed by atoms with Crippen LogP contribution in [0.25, 0.3) is 0 Å². The van der Waals surface area contributed by atoms with Gasteiger partial charge in [-0.15, -0.1) is 6.58 Å². The van der Waals surface area contributed by atoms with Crippen molar-refractivity contribution in [2.24, 2.45) is 0 Å². The van der Waals surface area contributed by atoms with Crippen molar-refractivity contribution in [1.82, 2.24) is 15.3 Å². The number of allylic oxidation sites excluding steroid dienone is 1. The number of aryl methyl sites for hydroxylation is 2. The number of carbonyl (C=O) groups excluding carboxylic acids is 1. The molecule has 1 aromatic heterocycles. The van der Waals surface area contributed by atoms with E-state index in [-0.39, 0.29) is 11.8 Å². The van der Waals surface area contributed by atoms with Crippen molar-refractivity contribution in [1.29, 1.82) is 0 Å². The second-order valence-corrected chi connectivity index (χ2v) is 6.02. The first kappa shape index (κ1) is 15.5. The molecule has 1 aliphatic rings. The molecule has 0 saturated heterocycles. The fraction of sp³-hybridized carbons (Fsp3) is 0.368. The monoisotopic (exact) mass is 309 g/mol. The molecule has 0 radical (unpaired) electrons. The molecule has 0 bridgehead atoms. The minimum Gasteiger partial charge on any atom is -0.348 e. The summed E-state index contributed by atoms with van der Waals surface area (Å²) < 4.78 is 0. The normalized spacial score (nSPS) is 14.8. The van der Waals surface area contributed by atoms with E-state index in [2.05, 4.69) is 21.9 Å². The Balaban J connectivity index is 1.65. The van der Waals surface area contributed by atoms with Crippen LogP contribution in [0.4, 0.5) is 0 Å². The number of imidazole rings is 1. The molecule has 4 heteroatoms. The molecule has 2 N–H and O–H groups in total. The maximum Gasteiger partial charge on any atom is 0.228 e. The SMILES string of the molecule is C=CCC(C(=O)NCc1nc2c([nH]1)CCCC2)c1ccccc1. The molecule has 1 atom stereocenters. The van der Waals surface area contributed by atoms with Gasteiger partial charge in [0.05, 0.1) is 18.2 Å². The van der Waals surface area contributed by atoms with Crippen LogP contribution in [0.3, 0.4) is 0 Å². The molecule has 0 saturated carbocycles. The standard InChI is InChI=1S/C19H23N3O/c1-2-8-15(14-9-4-3-5-10-14)19(23)20-13-18-21-16-11-6-7-12-17(16)22-18/h2-5,9-10,15H,1,6-8,11-13H2,(H,20,23)(H,21,22). The Morgan fingerprint density at radius 2 is 2.09 bits per heavy atom. The van der Waals surface area contributed by atoms with E-state index in [0.717, 1.165) is 24.2 Å². The Morgan fingerprint density at radius 3 is 2.83 bits per heavy atom. The number of hydrogen-bond acceptors (Lipinski definition) is 2. The van der Waals surface area contributed by atoms with Gasteiger partial charge >= 0.3 is 0 Å². The predicted molar refractivity (Wildman–Crippen MR) is 91.1 cm³/mol. The summed E-state index contributed by atoms with van der Waals surface area (Å²) in [6.07, 6.45) is 6.96. The van der Waals surface area contributed by atoms with E-state index in [4.69, 9.17) is 0 Å². The van der Waals surface area contributed by atoms with E-state index in [1.807, 2.05) is 30.3 Å². The molecule has 0 fully saturated rings. The first-order valence-corrected chi connectivity index (χ1v) is 8.28. The molecule has 0 spiro atoms. The predicted octanol–water partition coefficient (Wildman–Crippen LogP) is 3.26. The summed E-state index contributed by atoms with van der Waals surface area (Å²) in [5.74, 6) is 0.680. The van der Waals surface area contributed by atoms with E-state index in [1.165, 1.54) is 24.2 Å². The number of aromatic nitrogens is 2. The van der Waals surface area contributed by atoms with Crippen molar-refractivity contribution in [3.63, 3.8) is 0 Å². The number of hydrogen-bond donors (Lipinski definition) is 2. The summed E-state index contributed by atoms with van der Waals surface area (Å²) in [6.45, 7) is 4.22. The third-order valence-electron chi connectivity index (χ3n) is 4.35. The van der Waals surface area contributed by atoms with Gasteiger partial charge in [0.2, 0.25) is 5.91 Å². The van der Waals surface area contributed by atoms with Gasteiger partial charge in [-0.3, -0.25) is 4.79 Å². The molecule has 1 heterocycles. The molecular formula is C19H23N3O. The number of fused-ring (bicyclic) bond motifs is 1. The van der Waals surface area contributed by atoms with Crippen LogP contribution in [0.5, 0.6) is 0 Å². The maximum atomic E-state index is 12.5. The molecule has 2 aromatic rings. The van der Waals surface area contributed by atoms with Gasteiger partial charge in [-0.1, -0.05) is 36.4 Å². The fourth-order valence-corrected chi connectivity index (χ4v) is 3.14. The van der Waals surface area contributed by atoms with Crippen molar-refractivity contribution >= 4 is 5.91 Å². The van der Waals surface area contributed by atoms with Crippen molar-refractivity contribution in [2.45, 2.75) is 44.6 Å². The highest BCUT2D eigenvalue weighted by Gasteiger charge is 2.20. The lowest BCUT2D eigenvalue weighted by Gasteiger charge is -2.15. The van der Waals surface area contributed by atoms with Gasteiger partial charge in [0.15, 0.2) is 0 Å². The summed E-state index contributed by atoms with van der Waals surface area (Å²) >= 11 is 0. The maximum absolute atomic E-state index is 12.5. The topological polar surface area (TPSA) is 57.8 Å². The largest absolute Gasteiger partial charge is 0.348 e. The molecule has 1 unspecified atom stereocenters. The molecule has 120 valence electrons. The zero-order chi connectivity index (χ0) is 16.1. The van der Waals surface area contributed by atoms with E-state index >= 15 is 0 Å². The summed E-state index contributed by atoms with van der Waals surface area (Å²) in [7, 11) is 0. The molecular weight excluding hydrogens is 286 g/mol. The number of amides is 1. The number of nitrogens with one attached hydrogen (secondary N) is 2. The van der Waals surface area contributed by atoms with Crippen LogP contribution in [0, 0.1) is 0 Å². The zero-order valence-corrected chi connectivity index (χ0v) is 13.3. The third-order valence-corrected chi connectivity index (χ3v) is 4.35. The average molecular weight is 309 g/mol. The number of benzene rings is 1. The van der Waals surface area contributed by atoms with Crippen LogP contribution >= 0.6 is 0 Å². The fourth-order valence-electron chi connectivity index (χ4n) is 3.14. The Hall–Kier alpha value is -2.36. The molecule has 23 heavy (non-hydrogen) atoms. The van der Waals surface area contributed by atoms with E-state index in [0.29, 0.717) is 13.0 Å². The first-order valence-electron chi connectivity index (χ1n) is 8.28. The van der Waals surface area contributed by atoms with Crippen LogP contribution in [-0.4, -0.2) is 15.9 Å². The first-order chi connectivity index (χ1) is 11.3. The number of carbonyl (C=O) groups is 1. The Kier molecular flexibility index (Phi) is 4.91. The van der Waals surface area contributed by atoms with E-state index in [9.17, 15) is 4.79 Å². The zero-order valence-electron chi connectivity index (χ0n) is 13.3. The quantitative estimate of drug-likeness (QED) is 0.805. The molecule has 1 aromatic carbocycles. The second kappa shape index (κ2) is 7.27. The van der Waals surface area contributed by atoms with E-state index < -0.39 is 0 Å². The number of aromatic amines is 1. The van der Waals surface area contributed by atoms with Gasteiger partial charge in [-0.2, -0.15) is 0 Å². The molecule has 3 rings (SSSR count). The van der Waals surface area contributed by atoms with Gasteiger partial charge in [-0.25, -0.2) is 4.98 Å². The van der Waals surface area contributed by atoms with Crippen LogP contribution in [0.2, 0.25) is 0 Å². The number of rotatable bonds is 6. The highest BCUT2D eigenvalue weighted by Crippen LogP contribution is 2.21. The van der Waals surface area contributed by atoms with Gasteiger partial charge in [0.1, 0.15) is 5.82 Å². The summed E-state index contributed by atoms with van der Waals surface area (Å²) in [6, 6.07) is 9.84. The van der Waals surface area contributed by atoms with Crippen molar-refractivity contribution in [2.75, 3.05) is 0 Å². The number of nitrogens with zero attached hydrogens (tertiary/aromatic N) is 1. The highest BCUT2D eigenvalue weighted by molar-refractivity contribution is 5.83. The molecule has 0 aliphatic heterocycles. The van der Waals surface area contributed by atoms with Gasteiger partial charge in [-0.05, 0) is 37.7 Å². The summed E-state index contributed by atoms with van der Waals surface area (Å²) in [5.41, 5.74) is 3.43. The van der Waals surface area contributed by atoms with E-state index in [1.54, 1.807) is 6.08 Å². The summed E-state index contributed by atoms with van der Waals surface area (Å²) in [5, 5.41) is 3.01. The van der Waals surface area contributed by atoms with Crippen LogP contribution in [0.1, 0.15) is 48.0 Å². The number of H-pyrrole nitrogens is 1. The average Bonchev–Trinajstić information content (AvgIpc) is 3.01. The molecule has 1 aliphatic carbocycles. The van der Waals surface area contributed by atoms with Gasteiger partial charge in [0.25, 0.3) is 0 Å². The van der Waals surface area contributed by atoms with Gasteiger partial charge in [0, 0.05) is 5.69 Å². The summed E-state index contributed by atoms with van der Waals surface area (Å²) in [4.78, 5) is 20.5. The van der Waals surface area contributed by atoms with Crippen molar-refractivity contribution in [3.8, 4) is 0 Å². The Bertz CT molecular complexity index is 652. The molecule has 1 amide bonds. The van der Waals surface area contributed by atoms with Crippen LogP contribution in [0.15, 0.2) is 43.0 Å². The Morgan fingerprint density at radius 1 is 1.30 bits per heavy atom. The lowest BCUT2D eigenvalue weighted by atomic mass is 9.95. The lowest BCUT2D eigenvalue weighted by Crippen LogP contribution is -2.29. The van der Waals surface area contributed by atoms with Crippen molar-refractivity contribution < 1.29 is 4.79 Å². The van der Waals surface area contributed by atoms with Gasteiger partial charge < -0.3 is 10.3 Å². The Labute approximate surface area is 137 Å². The molecule has 4 nitrogen and oxygen atoms in total. The minimum atomic E-state index is -0.196. The van der Waals surface area contributed by atoms with Crippen LogP contribution in [-0.2, 0) is 24.2 Å². The van der Waals surface area contributed by atoms with Crippen molar-refractivity contribution in [3.05, 3.63) is 65.8 Å². The van der Waals surface area contributed by atoms with Crippen LogP contribution < -0.4 is 5.32 Å². The smallest absolute Gasteiger partial charge is 0.228 e. The second-order valence-electron chi connectivity index (χ2n) is 6.02. The lowest BCUT2D eigenvalue weighted by molar-refractivity contribution is -0.122.